The van der Waals surface area contributed by atoms with Gasteiger partial charge < -0.3 is 15.0 Å². The number of aliphatic carboxylic acids is 1. The molecular weight excluding hydrogens is 350 g/mol. The Morgan fingerprint density at radius 3 is 2.93 bits per heavy atom. The first-order valence-corrected chi connectivity index (χ1v) is 8.62. The highest BCUT2D eigenvalue weighted by molar-refractivity contribution is 6.00. The topological polar surface area (TPSA) is 114 Å². The zero-order chi connectivity index (χ0) is 19.1. The minimum absolute atomic E-state index is 0.0375. The number of carbonyl (C=O) groups excluding carboxylic acids is 1. The second-order valence-electron chi connectivity index (χ2n) is 6.59. The van der Waals surface area contributed by atoms with Gasteiger partial charge in [-0.05, 0) is 12.0 Å². The number of benzene rings is 1. The van der Waals surface area contributed by atoms with Gasteiger partial charge in [-0.25, -0.2) is 0 Å². The van der Waals surface area contributed by atoms with Crippen LogP contribution in [0.4, 0.5) is 5.69 Å². The molecule has 1 aliphatic heterocycles. The van der Waals surface area contributed by atoms with Gasteiger partial charge in [-0.1, -0.05) is 30.4 Å². The van der Waals surface area contributed by atoms with Crippen molar-refractivity contribution in [3.8, 4) is 0 Å². The number of non-ortho nitro benzene ring substituents is 1. The molecule has 2 heterocycles. The molecule has 2 aliphatic rings. The van der Waals surface area contributed by atoms with Gasteiger partial charge in [0.15, 0.2) is 5.78 Å². The second kappa shape index (κ2) is 6.48. The summed E-state index contributed by atoms with van der Waals surface area (Å²) in [6, 6.07) is 4.27. The Bertz CT molecular complexity index is 1050. The van der Waals surface area contributed by atoms with Crippen LogP contribution in [0.5, 0.6) is 0 Å². The summed E-state index contributed by atoms with van der Waals surface area (Å²) in [6.07, 6.45) is 6.20. The van der Waals surface area contributed by atoms with Crippen LogP contribution in [0.3, 0.4) is 0 Å². The fourth-order valence-electron chi connectivity index (χ4n) is 4.03. The number of para-hydroxylation sites is 1. The van der Waals surface area contributed by atoms with E-state index in [1.54, 1.807) is 30.4 Å². The van der Waals surface area contributed by atoms with Crippen LogP contribution in [0.1, 0.15) is 23.7 Å². The lowest BCUT2D eigenvalue weighted by molar-refractivity contribution is -0.383. The molecule has 0 amide bonds. The Balaban J connectivity index is 2.03. The molecule has 0 fully saturated rings. The van der Waals surface area contributed by atoms with Crippen molar-refractivity contribution in [2.24, 2.45) is 0 Å². The highest BCUT2D eigenvalue weighted by Gasteiger charge is 2.34. The number of Topliss-reactive ketones (excluding diaryl/α,β-unsaturated/α-hetero) is 1. The van der Waals surface area contributed by atoms with E-state index in [-0.39, 0.29) is 11.5 Å². The summed E-state index contributed by atoms with van der Waals surface area (Å²) < 4.78 is 1.48. The molecule has 8 nitrogen and oxygen atoms in total. The third kappa shape index (κ3) is 2.74. The van der Waals surface area contributed by atoms with Gasteiger partial charge in [-0.2, -0.15) is 0 Å². The van der Waals surface area contributed by atoms with Gasteiger partial charge >= 0.3 is 5.97 Å². The van der Waals surface area contributed by atoms with Gasteiger partial charge in [0.05, 0.1) is 11.0 Å². The molecule has 8 heteroatoms. The molecule has 0 spiro atoms. The first-order valence-electron chi connectivity index (χ1n) is 8.62. The third-order valence-electron chi connectivity index (χ3n) is 5.04. The average molecular weight is 367 g/mol. The van der Waals surface area contributed by atoms with E-state index in [1.807, 2.05) is 0 Å². The molecule has 1 aromatic heterocycles. The zero-order valence-corrected chi connectivity index (χ0v) is 14.3. The minimum Gasteiger partial charge on any atom is -0.480 e. The van der Waals surface area contributed by atoms with Gasteiger partial charge in [0, 0.05) is 35.7 Å². The number of nitro groups is 1. The van der Waals surface area contributed by atoms with Crippen LogP contribution in [0.15, 0.2) is 42.0 Å². The summed E-state index contributed by atoms with van der Waals surface area (Å²) in [5, 5.41) is 24.9. The van der Waals surface area contributed by atoms with E-state index in [0.29, 0.717) is 41.6 Å². The predicted molar refractivity (Wildman–Crippen MR) is 97.5 cm³/mol. The van der Waals surface area contributed by atoms with Gasteiger partial charge in [0.2, 0.25) is 0 Å². The maximum absolute atomic E-state index is 12.4. The monoisotopic (exact) mass is 367 g/mol. The number of carboxylic acid groups (broad SMARTS) is 1. The van der Waals surface area contributed by atoms with Crippen molar-refractivity contribution in [1.29, 1.82) is 0 Å². The third-order valence-corrected chi connectivity index (χ3v) is 5.04. The molecule has 2 aromatic rings. The van der Waals surface area contributed by atoms with Crippen LogP contribution >= 0.6 is 0 Å². The Hall–Kier alpha value is -3.26. The van der Waals surface area contributed by atoms with Gasteiger partial charge in [0.1, 0.15) is 12.1 Å². The number of carboxylic acids is 1. The molecule has 0 bridgehead atoms. The van der Waals surface area contributed by atoms with Crippen molar-refractivity contribution < 1.29 is 19.6 Å². The average Bonchev–Trinajstić information content (AvgIpc) is 2.96. The standard InChI is InChI=1S/C19H17N3O5/c23-15-7-2-1-4-13(15)17-19-12(8-9-20-17)11-5-3-6-14(22(26)27)18(11)21(19)10-16(24)25/h1-6,17,20H,7-10H2,(H,24,25). The number of hydrogen-bond acceptors (Lipinski definition) is 5. The molecule has 27 heavy (non-hydrogen) atoms. The lowest BCUT2D eigenvalue weighted by Crippen LogP contribution is -2.35. The Morgan fingerprint density at radius 2 is 2.22 bits per heavy atom. The molecule has 0 radical (unpaired) electrons. The maximum atomic E-state index is 12.4. The molecule has 1 aromatic carbocycles. The van der Waals surface area contributed by atoms with Crippen molar-refractivity contribution in [3.05, 3.63) is 63.4 Å². The van der Waals surface area contributed by atoms with Crippen LogP contribution in [0.25, 0.3) is 10.9 Å². The number of aromatic nitrogens is 1. The van der Waals surface area contributed by atoms with Crippen molar-refractivity contribution in [3.63, 3.8) is 0 Å². The number of allylic oxidation sites excluding steroid dienone is 3. The number of carbonyl (C=O) groups is 2. The van der Waals surface area contributed by atoms with Crippen LogP contribution in [0.2, 0.25) is 0 Å². The Labute approximate surface area is 153 Å². The lowest BCUT2D eigenvalue weighted by Gasteiger charge is -2.28. The van der Waals surface area contributed by atoms with E-state index in [2.05, 4.69) is 5.32 Å². The maximum Gasteiger partial charge on any atom is 0.323 e. The first kappa shape index (κ1) is 17.2. The Morgan fingerprint density at radius 1 is 1.41 bits per heavy atom. The van der Waals surface area contributed by atoms with Crippen LogP contribution in [-0.4, -0.2) is 32.9 Å². The summed E-state index contributed by atoms with van der Waals surface area (Å²) >= 11 is 0. The highest BCUT2D eigenvalue weighted by atomic mass is 16.6. The molecule has 0 saturated carbocycles. The number of fused-ring (bicyclic) bond motifs is 3. The molecule has 4 rings (SSSR count). The molecule has 2 N–H and O–H groups in total. The normalized spacial score (nSPS) is 19.0. The van der Waals surface area contributed by atoms with Crippen molar-refractivity contribution in [1.82, 2.24) is 9.88 Å². The molecule has 0 saturated heterocycles. The van der Waals surface area contributed by atoms with Crippen LogP contribution in [-0.2, 0) is 22.6 Å². The summed E-state index contributed by atoms with van der Waals surface area (Å²) in [5.41, 5.74) is 2.20. The summed E-state index contributed by atoms with van der Waals surface area (Å²) in [7, 11) is 0. The molecular formula is C19H17N3O5. The zero-order valence-electron chi connectivity index (χ0n) is 14.3. The lowest BCUT2D eigenvalue weighted by atomic mass is 9.89. The van der Waals surface area contributed by atoms with E-state index in [4.69, 9.17) is 0 Å². The summed E-state index contributed by atoms with van der Waals surface area (Å²) in [6.45, 7) is 0.188. The largest absolute Gasteiger partial charge is 0.480 e. The molecule has 1 atom stereocenters. The highest BCUT2D eigenvalue weighted by Crippen LogP contribution is 2.40. The number of hydrogen-bond donors (Lipinski definition) is 2. The fraction of sp³-hybridized carbons (Fsp3) is 0.263. The fourth-order valence-corrected chi connectivity index (χ4v) is 4.03. The van der Waals surface area contributed by atoms with E-state index >= 15 is 0 Å². The van der Waals surface area contributed by atoms with E-state index in [1.165, 1.54) is 10.6 Å². The number of rotatable bonds is 4. The molecule has 1 aliphatic carbocycles. The summed E-state index contributed by atoms with van der Waals surface area (Å²) in [4.78, 5) is 35.0. The van der Waals surface area contributed by atoms with Crippen molar-refractivity contribution >= 4 is 28.3 Å². The van der Waals surface area contributed by atoms with Crippen LogP contribution in [0, 0.1) is 10.1 Å². The SMILES string of the molecule is O=C(O)Cn1c2c(c3cccc([N+](=O)[O-])c31)CCNC2C1=CC=CCC1=O. The van der Waals surface area contributed by atoms with Gasteiger partial charge in [-0.15, -0.1) is 0 Å². The van der Waals surface area contributed by atoms with E-state index in [9.17, 15) is 24.8 Å². The number of ketones is 1. The smallest absolute Gasteiger partial charge is 0.323 e. The number of nitrogens with zero attached hydrogens (tertiary/aromatic N) is 2. The molecule has 138 valence electrons. The van der Waals surface area contributed by atoms with Crippen molar-refractivity contribution in [2.45, 2.75) is 25.4 Å². The quantitative estimate of drug-likeness (QED) is 0.633. The minimum atomic E-state index is -1.10. The van der Waals surface area contributed by atoms with Crippen LogP contribution < -0.4 is 5.32 Å². The first-order chi connectivity index (χ1) is 13.0. The second-order valence-corrected chi connectivity index (χ2v) is 6.59. The number of nitrogens with one attached hydrogen (secondary N) is 1. The summed E-state index contributed by atoms with van der Waals surface area (Å²) in [5.74, 6) is -1.13. The van der Waals surface area contributed by atoms with E-state index in [0.717, 1.165) is 5.56 Å². The van der Waals surface area contributed by atoms with Gasteiger partial charge in [0.25, 0.3) is 5.69 Å². The molecule has 1 unspecified atom stereocenters. The van der Waals surface area contributed by atoms with E-state index < -0.39 is 23.5 Å². The van der Waals surface area contributed by atoms with Gasteiger partial charge in [-0.3, -0.25) is 19.7 Å². The predicted octanol–water partition coefficient (Wildman–Crippen LogP) is 2.28. The Kier molecular flexibility index (Phi) is 4.12. The number of nitro benzene ring substituents is 1. The van der Waals surface area contributed by atoms with Crippen molar-refractivity contribution in [2.75, 3.05) is 6.54 Å².